The molecule has 0 saturated carbocycles. The Bertz CT molecular complexity index is 230. The number of ether oxygens (including phenoxy) is 2. The first kappa shape index (κ1) is 12.7. The molecule has 0 amide bonds. The summed E-state index contributed by atoms with van der Waals surface area (Å²) in [6.45, 7) is 4.06. The van der Waals surface area contributed by atoms with Crippen LogP contribution in [0.2, 0.25) is 0 Å². The summed E-state index contributed by atoms with van der Waals surface area (Å²) in [7, 11) is 1.24. The van der Waals surface area contributed by atoms with E-state index >= 15 is 0 Å². The summed E-state index contributed by atoms with van der Waals surface area (Å²) >= 11 is 0. The molecule has 0 aliphatic rings. The van der Waals surface area contributed by atoms with E-state index in [1.165, 1.54) is 13.4 Å². The largest absolute Gasteiger partial charge is 0.500 e. The molecule has 0 atom stereocenters. The molecule has 0 spiro atoms. The molecule has 4 heteroatoms. The monoisotopic (exact) mass is 200 g/mol. The molecule has 0 aromatic rings. The van der Waals surface area contributed by atoms with Crippen LogP contribution in [0.5, 0.6) is 0 Å². The lowest BCUT2D eigenvalue weighted by atomic mass is 10.1. The van der Waals surface area contributed by atoms with Crippen molar-refractivity contribution in [2.24, 2.45) is 0 Å². The van der Waals surface area contributed by atoms with Crippen molar-refractivity contribution in [3.8, 4) is 0 Å². The third-order valence-electron chi connectivity index (χ3n) is 1.55. The highest BCUT2D eigenvalue weighted by Crippen LogP contribution is 2.05. The van der Waals surface area contributed by atoms with Crippen LogP contribution < -0.4 is 0 Å². The Morgan fingerprint density at radius 3 is 2.36 bits per heavy atom. The predicted octanol–water partition coefficient (Wildman–Crippen LogP) is 1.45. The second kappa shape index (κ2) is 7.12. The smallest absolute Gasteiger partial charge is 0.344 e. The maximum Gasteiger partial charge on any atom is 0.344 e. The third kappa shape index (κ3) is 4.07. The van der Waals surface area contributed by atoms with E-state index in [9.17, 15) is 9.59 Å². The van der Waals surface area contributed by atoms with Gasteiger partial charge in [0.2, 0.25) is 0 Å². The quantitative estimate of drug-likeness (QED) is 0.214. The minimum Gasteiger partial charge on any atom is -0.500 e. The molecule has 0 heterocycles. The molecule has 80 valence electrons. The first-order valence-electron chi connectivity index (χ1n) is 4.60. The van der Waals surface area contributed by atoms with Crippen molar-refractivity contribution >= 4 is 11.8 Å². The molecule has 4 nitrogen and oxygen atoms in total. The summed E-state index contributed by atoms with van der Waals surface area (Å²) in [6, 6.07) is 0. The fourth-order valence-corrected chi connectivity index (χ4v) is 0.866. The van der Waals surface area contributed by atoms with E-state index in [0.29, 0.717) is 19.4 Å². The second-order valence-electron chi connectivity index (χ2n) is 2.65. The average molecular weight is 200 g/mol. The molecule has 0 aromatic heterocycles. The zero-order chi connectivity index (χ0) is 11.0. The van der Waals surface area contributed by atoms with Gasteiger partial charge in [-0.2, -0.15) is 0 Å². The van der Waals surface area contributed by atoms with E-state index in [1.807, 2.05) is 6.92 Å². The molecule has 0 fully saturated rings. The van der Waals surface area contributed by atoms with Crippen molar-refractivity contribution < 1.29 is 19.1 Å². The van der Waals surface area contributed by atoms with Crippen LogP contribution in [0.3, 0.4) is 0 Å². The van der Waals surface area contributed by atoms with Crippen molar-refractivity contribution in [2.75, 3.05) is 13.7 Å². The summed E-state index contributed by atoms with van der Waals surface area (Å²) in [4.78, 5) is 22.5. The van der Waals surface area contributed by atoms with E-state index in [1.54, 1.807) is 6.92 Å². The molecule has 0 bridgehead atoms. The van der Waals surface area contributed by atoms with Gasteiger partial charge in [0.1, 0.15) is 11.8 Å². The van der Waals surface area contributed by atoms with Crippen LogP contribution in [-0.4, -0.2) is 25.5 Å². The molecular formula is C10H16O4. The van der Waals surface area contributed by atoms with Gasteiger partial charge in [0.05, 0.1) is 13.7 Å². The number of esters is 1. The van der Waals surface area contributed by atoms with Crippen LogP contribution in [0.25, 0.3) is 0 Å². The van der Waals surface area contributed by atoms with E-state index in [2.05, 4.69) is 4.74 Å². The van der Waals surface area contributed by atoms with Gasteiger partial charge in [-0.3, -0.25) is 4.79 Å². The lowest BCUT2D eigenvalue weighted by molar-refractivity contribution is -0.138. The lowest BCUT2D eigenvalue weighted by Gasteiger charge is -2.03. The number of ketones is 1. The Morgan fingerprint density at radius 1 is 1.29 bits per heavy atom. The summed E-state index contributed by atoms with van der Waals surface area (Å²) in [5, 5.41) is 0. The van der Waals surface area contributed by atoms with E-state index in [4.69, 9.17) is 4.74 Å². The Kier molecular flexibility index (Phi) is 6.45. The normalized spacial score (nSPS) is 10.9. The number of hydrogen-bond acceptors (Lipinski definition) is 4. The molecular weight excluding hydrogens is 184 g/mol. The molecule has 0 rings (SSSR count). The fourth-order valence-electron chi connectivity index (χ4n) is 0.866. The molecule has 0 radical (unpaired) electrons. The van der Waals surface area contributed by atoms with E-state index < -0.39 is 5.97 Å². The van der Waals surface area contributed by atoms with Gasteiger partial charge < -0.3 is 9.47 Å². The fraction of sp³-hybridized carbons (Fsp3) is 0.600. The summed E-state index contributed by atoms with van der Waals surface area (Å²) in [5.41, 5.74) is -0.0174. The number of carbonyl (C=O) groups excluding carboxylic acids is 2. The summed E-state index contributed by atoms with van der Waals surface area (Å²) in [6.07, 6.45) is 2.19. The number of carbonyl (C=O) groups is 2. The van der Waals surface area contributed by atoms with E-state index in [-0.39, 0.29) is 11.4 Å². The van der Waals surface area contributed by atoms with Gasteiger partial charge in [0, 0.05) is 6.42 Å². The molecule has 0 N–H and O–H groups in total. The van der Waals surface area contributed by atoms with Crippen molar-refractivity contribution in [1.29, 1.82) is 0 Å². The zero-order valence-electron chi connectivity index (χ0n) is 8.83. The van der Waals surface area contributed by atoms with Crippen LogP contribution in [0.4, 0.5) is 0 Å². The lowest BCUT2D eigenvalue weighted by Crippen LogP contribution is -2.14. The van der Waals surface area contributed by atoms with Gasteiger partial charge >= 0.3 is 5.97 Å². The number of methoxy groups -OCH3 is 1. The maximum atomic E-state index is 11.4. The second-order valence-corrected chi connectivity index (χ2v) is 2.65. The first-order chi connectivity index (χ1) is 6.67. The molecule has 0 aliphatic heterocycles. The molecule has 0 aliphatic carbocycles. The SMILES string of the molecule is CCCC(=O)/C(=C/OCC)C(=O)OC. The minimum atomic E-state index is -0.642. The summed E-state index contributed by atoms with van der Waals surface area (Å²) in [5.74, 6) is -0.885. The highest BCUT2D eigenvalue weighted by molar-refractivity contribution is 6.16. The third-order valence-corrected chi connectivity index (χ3v) is 1.55. The summed E-state index contributed by atoms with van der Waals surface area (Å²) < 4.78 is 9.37. The molecule has 0 aromatic carbocycles. The van der Waals surface area contributed by atoms with E-state index in [0.717, 1.165) is 0 Å². The van der Waals surface area contributed by atoms with Crippen LogP contribution in [0.1, 0.15) is 26.7 Å². The molecule has 14 heavy (non-hydrogen) atoms. The van der Waals surface area contributed by atoms with Crippen LogP contribution in [-0.2, 0) is 19.1 Å². The van der Waals surface area contributed by atoms with Gasteiger partial charge in [-0.15, -0.1) is 0 Å². The van der Waals surface area contributed by atoms with Crippen molar-refractivity contribution in [2.45, 2.75) is 26.7 Å². The van der Waals surface area contributed by atoms with Crippen LogP contribution in [0, 0.1) is 0 Å². The van der Waals surface area contributed by atoms with Gasteiger partial charge in [-0.25, -0.2) is 4.79 Å². The van der Waals surface area contributed by atoms with Gasteiger partial charge in [0.15, 0.2) is 5.78 Å². The average Bonchev–Trinajstić information content (AvgIpc) is 2.18. The topological polar surface area (TPSA) is 52.6 Å². The minimum absolute atomic E-state index is 0.0174. The zero-order valence-corrected chi connectivity index (χ0v) is 8.83. The highest BCUT2D eigenvalue weighted by atomic mass is 16.5. The number of Topliss-reactive ketones (excluding diaryl/α,β-unsaturated/α-hetero) is 1. The van der Waals surface area contributed by atoms with Crippen LogP contribution >= 0.6 is 0 Å². The Morgan fingerprint density at radius 2 is 1.93 bits per heavy atom. The van der Waals surface area contributed by atoms with Gasteiger partial charge in [-0.05, 0) is 13.3 Å². The number of rotatable bonds is 6. The molecule has 0 unspecified atom stereocenters. The standard InChI is InChI=1S/C10H16O4/c1-4-6-9(11)8(7-14-5-2)10(12)13-3/h7H,4-6H2,1-3H3/b8-7-. The van der Waals surface area contributed by atoms with Crippen LogP contribution in [0.15, 0.2) is 11.8 Å². The Hall–Kier alpha value is -1.32. The highest BCUT2D eigenvalue weighted by Gasteiger charge is 2.18. The Labute approximate surface area is 83.9 Å². The van der Waals surface area contributed by atoms with Crippen molar-refractivity contribution in [3.05, 3.63) is 11.8 Å². The molecule has 0 saturated heterocycles. The van der Waals surface area contributed by atoms with Gasteiger partial charge in [-0.1, -0.05) is 6.92 Å². The Balaban J connectivity index is 4.54. The van der Waals surface area contributed by atoms with Crippen molar-refractivity contribution in [1.82, 2.24) is 0 Å². The predicted molar refractivity (Wildman–Crippen MR) is 51.6 cm³/mol. The maximum absolute atomic E-state index is 11.4. The van der Waals surface area contributed by atoms with Gasteiger partial charge in [0.25, 0.3) is 0 Å². The van der Waals surface area contributed by atoms with Crippen molar-refractivity contribution in [3.63, 3.8) is 0 Å². The number of hydrogen-bond donors (Lipinski definition) is 0. The first-order valence-corrected chi connectivity index (χ1v) is 4.60.